The van der Waals surface area contributed by atoms with E-state index in [0.717, 1.165) is 16.8 Å². The second-order valence-electron chi connectivity index (χ2n) is 6.31. The Morgan fingerprint density at radius 1 is 0.800 bits per heavy atom. The third-order valence-electron chi connectivity index (χ3n) is 4.73. The van der Waals surface area contributed by atoms with Crippen molar-refractivity contribution in [3.63, 3.8) is 0 Å². The zero-order valence-electron chi connectivity index (χ0n) is 17.9. The Morgan fingerprint density at radius 2 is 1.33 bits per heavy atom. The molecule has 1 N–H and O–H groups in total. The summed E-state index contributed by atoms with van der Waals surface area (Å²) in [5.74, 6) is 3.11. The van der Waals surface area contributed by atoms with E-state index in [1.807, 2.05) is 24.3 Å². The number of ether oxygens (including phenoxy) is 5. The van der Waals surface area contributed by atoms with Gasteiger partial charge >= 0.3 is 0 Å². The van der Waals surface area contributed by atoms with Crippen LogP contribution in [0.1, 0.15) is 23.7 Å². The zero-order valence-corrected chi connectivity index (χ0v) is 17.9. The third-order valence-corrected chi connectivity index (χ3v) is 4.73. The summed E-state index contributed by atoms with van der Waals surface area (Å²) in [5.41, 5.74) is 5.06. The fourth-order valence-corrected chi connectivity index (χ4v) is 3.26. The van der Waals surface area contributed by atoms with Crippen molar-refractivity contribution >= 4 is 5.71 Å². The van der Waals surface area contributed by atoms with Crippen LogP contribution in [0.25, 0.3) is 0 Å². The highest BCUT2D eigenvalue weighted by Gasteiger charge is 2.28. The van der Waals surface area contributed by atoms with Gasteiger partial charge in [0.15, 0.2) is 29.1 Å². The normalized spacial score (nSPS) is 15.1. The van der Waals surface area contributed by atoms with Crippen LogP contribution in [-0.2, 0) is 4.84 Å². The van der Waals surface area contributed by atoms with E-state index in [1.165, 1.54) is 0 Å². The van der Waals surface area contributed by atoms with Gasteiger partial charge in [-0.05, 0) is 24.3 Å². The summed E-state index contributed by atoms with van der Waals surface area (Å²) in [6.45, 7) is 0. The number of oxime groups is 1. The van der Waals surface area contributed by atoms with Crippen molar-refractivity contribution in [2.75, 3.05) is 42.6 Å². The lowest BCUT2D eigenvalue weighted by molar-refractivity contribution is 0.0851. The zero-order chi connectivity index (χ0) is 21.7. The van der Waals surface area contributed by atoms with Gasteiger partial charge in [-0.15, -0.1) is 0 Å². The number of hydrogen-bond donors (Lipinski definition) is 1. The maximum Gasteiger partial charge on any atom is 0.230 e. The average Bonchev–Trinajstić information content (AvgIpc) is 3.28. The van der Waals surface area contributed by atoms with Crippen LogP contribution in [0.15, 0.2) is 29.4 Å². The Hall–Kier alpha value is -3.33. The van der Waals surface area contributed by atoms with Gasteiger partial charge in [-0.3, -0.25) is 0 Å². The molecule has 2 aromatic rings. The van der Waals surface area contributed by atoms with E-state index in [9.17, 15) is 0 Å². The molecule has 0 spiro atoms. The number of hydrogen-bond acceptors (Lipinski definition) is 9. The molecule has 0 fully saturated rings. The first-order chi connectivity index (χ1) is 14.6. The summed E-state index contributed by atoms with van der Waals surface area (Å²) >= 11 is 0. The van der Waals surface area contributed by atoms with Crippen LogP contribution in [0.5, 0.6) is 34.5 Å². The van der Waals surface area contributed by atoms with E-state index >= 15 is 0 Å². The molecule has 162 valence electrons. The van der Waals surface area contributed by atoms with Crippen LogP contribution in [0.4, 0.5) is 0 Å². The fourth-order valence-electron chi connectivity index (χ4n) is 3.26. The molecule has 0 bridgehead atoms. The Kier molecular flexibility index (Phi) is 6.73. The molecule has 1 unspecified atom stereocenters. The summed E-state index contributed by atoms with van der Waals surface area (Å²) in [6.07, 6.45) is 0.225. The Morgan fingerprint density at radius 3 is 1.80 bits per heavy atom. The fraction of sp³-hybridized carbons (Fsp3) is 0.381. The van der Waals surface area contributed by atoms with Gasteiger partial charge in [-0.25, -0.2) is 0 Å². The second-order valence-corrected chi connectivity index (χ2v) is 6.31. The maximum absolute atomic E-state index is 5.72. The van der Waals surface area contributed by atoms with Crippen molar-refractivity contribution in [3.8, 4) is 34.5 Å². The van der Waals surface area contributed by atoms with Gasteiger partial charge in [0, 0.05) is 24.6 Å². The first kappa shape index (κ1) is 21.4. The first-order valence-electron chi connectivity index (χ1n) is 9.22. The van der Waals surface area contributed by atoms with Gasteiger partial charge in [0.1, 0.15) is 0 Å². The molecule has 9 heteroatoms. The number of nitrogens with zero attached hydrogens (tertiary/aromatic N) is 1. The van der Waals surface area contributed by atoms with E-state index in [0.29, 0.717) is 40.9 Å². The molecule has 0 saturated heterocycles. The summed E-state index contributed by atoms with van der Waals surface area (Å²) in [4.78, 5) is 11.1. The summed E-state index contributed by atoms with van der Waals surface area (Å²) < 4.78 is 27.2. The lowest BCUT2D eigenvalue weighted by atomic mass is 9.99. The van der Waals surface area contributed by atoms with Gasteiger partial charge in [-0.2, -0.15) is 5.48 Å². The van der Waals surface area contributed by atoms with Gasteiger partial charge < -0.3 is 33.4 Å². The highest BCUT2D eigenvalue weighted by atomic mass is 16.7. The van der Waals surface area contributed by atoms with E-state index in [-0.39, 0.29) is 6.10 Å². The predicted octanol–water partition coefficient (Wildman–Crippen LogP) is 3.11. The number of hydroxylamine groups is 1. The van der Waals surface area contributed by atoms with Crippen molar-refractivity contribution in [1.82, 2.24) is 5.48 Å². The van der Waals surface area contributed by atoms with Crippen molar-refractivity contribution in [2.24, 2.45) is 5.16 Å². The Bertz CT molecular complexity index is 880. The second kappa shape index (κ2) is 9.45. The number of benzene rings is 2. The Labute approximate surface area is 175 Å². The Balaban J connectivity index is 1.90. The van der Waals surface area contributed by atoms with Gasteiger partial charge in [0.2, 0.25) is 11.5 Å². The van der Waals surface area contributed by atoms with Crippen LogP contribution in [-0.4, -0.2) is 48.3 Å². The molecule has 1 aliphatic rings. The summed E-state index contributed by atoms with van der Waals surface area (Å²) in [7, 11) is 9.50. The number of nitrogens with one attached hydrogen (secondary N) is 1. The van der Waals surface area contributed by atoms with Crippen molar-refractivity contribution in [3.05, 3.63) is 35.4 Å². The topological polar surface area (TPSA) is 89.0 Å². The maximum atomic E-state index is 5.72. The molecule has 2 aromatic carbocycles. The molecule has 1 heterocycles. The standard InChI is InChI=1S/C21H26N2O7/c1-22-30-21-18(26-4)9-13(10-19(21)27-5)15-11-14(23-29-15)12-7-16(24-2)20(28-6)17(8-12)25-3/h7-10,15,22H,11H2,1-6H3. The number of rotatable bonds is 9. The molecule has 1 aliphatic heterocycles. The van der Waals surface area contributed by atoms with Gasteiger partial charge in [-0.1, -0.05) is 5.16 Å². The SMILES string of the molecule is CNOc1c(OC)cc(C2CC(c3cc(OC)c(OC)c(OC)c3)=NO2)cc1OC. The molecule has 0 aromatic heterocycles. The molecule has 1 atom stereocenters. The van der Waals surface area contributed by atoms with E-state index < -0.39 is 0 Å². The number of methoxy groups -OCH3 is 5. The van der Waals surface area contributed by atoms with Crippen LogP contribution in [0.3, 0.4) is 0 Å². The lowest BCUT2D eigenvalue weighted by Crippen LogP contribution is -2.13. The minimum Gasteiger partial charge on any atom is -0.493 e. The molecule has 9 nitrogen and oxygen atoms in total. The molecule has 0 amide bonds. The quantitative estimate of drug-likeness (QED) is 0.622. The van der Waals surface area contributed by atoms with Crippen LogP contribution in [0, 0.1) is 0 Å². The largest absolute Gasteiger partial charge is 0.493 e. The van der Waals surface area contributed by atoms with E-state index in [4.69, 9.17) is 33.4 Å². The smallest absolute Gasteiger partial charge is 0.230 e. The molecule has 0 radical (unpaired) electrons. The van der Waals surface area contributed by atoms with Crippen LogP contribution in [0.2, 0.25) is 0 Å². The minimum absolute atomic E-state index is 0.314. The minimum atomic E-state index is -0.314. The first-order valence-corrected chi connectivity index (χ1v) is 9.22. The van der Waals surface area contributed by atoms with E-state index in [2.05, 4.69) is 10.6 Å². The highest BCUT2D eigenvalue weighted by molar-refractivity contribution is 6.02. The lowest BCUT2D eigenvalue weighted by Gasteiger charge is -2.17. The molecule has 30 heavy (non-hydrogen) atoms. The van der Waals surface area contributed by atoms with Crippen molar-refractivity contribution in [1.29, 1.82) is 0 Å². The van der Waals surface area contributed by atoms with Crippen molar-refractivity contribution < 1.29 is 33.4 Å². The van der Waals surface area contributed by atoms with Crippen LogP contribution < -0.4 is 34.0 Å². The highest BCUT2D eigenvalue weighted by Crippen LogP contribution is 2.43. The molecular formula is C21H26N2O7. The molecular weight excluding hydrogens is 392 g/mol. The molecule has 3 rings (SSSR count). The average molecular weight is 418 g/mol. The van der Waals surface area contributed by atoms with E-state index in [1.54, 1.807) is 42.6 Å². The monoisotopic (exact) mass is 418 g/mol. The van der Waals surface area contributed by atoms with Gasteiger partial charge in [0.05, 0.1) is 41.3 Å². The van der Waals surface area contributed by atoms with Gasteiger partial charge in [0.25, 0.3) is 0 Å². The summed E-state index contributed by atoms with van der Waals surface area (Å²) in [5, 5.41) is 4.28. The molecule has 0 saturated carbocycles. The van der Waals surface area contributed by atoms with Crippen LogP contribution >= 0.6 is 0 Å². The predicted molar refractivity (Wildman–Crippen MR) is 110 cm³/mol. The van der Waals surface area contributed by atoms with Crippen molar-refractivity contribution in [2.45, 2.75) is 12.5 Å². The summed E-state index contributed by atoms with van der Waals surface area (Å²) in [6, 6.07) is 7.37. The third kappa shape index (κ3) is 4.02. The molecule has 0 aliphatic carbocycles.